The van der Waals surface area contributed by atoms with Crippen LogP contribution in [0.15, 0.2) is 94.5 Å². The van der Waals surface area contributed by atoms with Gasteiger partial charge in [0.2, 0.25) is 0 Å². The molecule has 1 aliphatic heterocycles. The van der Waals surface area contributed by atoms with Gasteiger partial charge in [-0.1, -0.05) is 41.7 Å². The molecule has 17 heteroatoms. The van der Waals surface area contributed by atoms with Crippen LogP contribution in [0.3, 0.4) is 0 Å². The zero-order valence-corrected chi connectivity index (χ0v) is 40.7. The Balaban J connectivity index is 0.000000289. The van der Waals surface area contributed by atoms with Crippen molar-refractivity contribution in [1.29, 1.82) is 0 Å². The topological polar surface area (TPSA) is 196 Å². The van der Waals surface area contributed by atoms with Gasteiger partial charge in [-0.15, -0.1) is 12.3 Å². The predicted molar refractivity (Wildman–Crippen MR) is 266 cm³/mol. The molecule has 0 bridgehead atoms. The van der Waals surface area contributed by atoms with Crippen molar-refractivity contribution in [3.63, 3.8) is 0 Å². The number of terminal acetylenes is 1. The molecule has 68 heavy (non-hydrogen) atoms. The smallest absolute Gasteiger partial charge is 0.167 e. The molecule has 0 spiro atoms. The zero-order valence-electron chi connectivity index (χ0n) is 38.6. The Morgan fingerprint density at radius 2 is 1.38 bits per heavy atom. The first-order valence-corrected chi connectivity index (χ1v) is 23.0. The number of imidazole rings is 2. The summed E-state index contributed by atoms with van der Waals surface area (Å²) >= 11 is 2.29. The van der Waals surface area contributed by atoms with Crippen LogP contribution in [0, 0.1) is 51.4 Å². The van der Waals surface area contributed by atoms with Gasteiger partial charge in [-0.3, -0.25) is 4.70 Å². The van der Waals surface area contributed by atoms with Gasteiger partial charge >= 0.3 is 0 Å². The lowest BCUT2D eigenvalue weighted by Crippen LogP contribution is -2.24. The Kier molecular flexibility index (Phi) is 24.9. The van der Waals surface area contributed by atoms with E-state index in [9.17, 15) is 5.11 Å². The van der Waals surface area contributed by atoms with Crippen molar-refractivity contribution >= 4 is 22.6 Å². The van der Waals surface area contributed by atoms with Gasteiger partial charge in [0.15, 0.2) is 17.8 Å². The summed E-state index contributed by atoms with van der Waals surface area (Å²) in [5, 5.41) is 40.5. The average molecular weight is 1050 g/mol. The summed E-state index contributed by atoms with van der Waals surface area (Å²) < 4.78 is 33.0. The van der Waals surface area contributed by atoms with Gasteiger partial charge in [-0.25, -0.2) is 9.97 Å². The molecule has 5 heterocycles. The minimum Gasteiger partial charge on any atom is -0.400 e. The minimum absolute atomic E-state index is 0. The van der Waals surface area contributed by atoms with Crippen LogP contribution in [0.25, 0.3) is 22.6 Å². The highest BCUT2D eigenvalue weighted by molar-refractivity contribution is 14.1. The molecule has 6 aromatic rings. The molecule has 15 nitrogen and oxygen atoms in total. The van der Waals surface area contributed by atoms with Crippen LogP contribution in [0.4, 0.5) is 4.70 Å². The summed E-state index contributed by atoms with van der Waals surface area (Å²) in [4.78, 5) is 8.65. The van der Waals surface area contributed by atoms with Crippen molar-refractivity contribution in [1.82, 2.24) is 29.4 Å². The van der Waals surface area contributed by atoms with E-state index in [-0.39, 0.29) is 31.1 Å². The largest absolute Gasteiger partial charge is 0.400 e. The maximum atomic E-state index is 9.76. The van der Waals surface area contributed by atoms with Gasteiger partial charge in [-0.2, -0.15) is 0 Å². The number of hydrogen-bond acceptors (Lipinski definition) is 13. The van der Waals surface area contributed by atoms with Gasteiger partial charge < -0.3 is 52.8 Å². The van der Waals surface area contributed by atoms with Crippen LogP contribution in [0.1, 0.15) is 94.2 Å². The van der Waals surface area contributed by atoms with Gasteiger partial charge in [-0.05, 0) is 117 Å². The van der Waals surface area contributed by atoms with Crippen LogP contribution >= 0.6 is 22.6 Å². The summed E-state index contributed by atoms with van der Waals surface area (Å²) in [6, 6.07) is 20.0. The van der Waals surface area contributed by atoms with Crippen LogP contribution in [0.2, 0.25) is 0 Å². The van der Waals surface area contributed by atoms with Crippen molar-refractivity contribution in [2.45, 2.75) is 85.0 Å². The predicted octanol–water partition coefficient (Wildman–Crippen LogP) is 8.32. The Bertz CT molecular complexity index is 2430. The lowest BCUT2D eigenvalue weighted by atomic mass is 10.1. The van der Waals surface area contributed by atoms with E-state index in [2.05, 4.69) is 72.8 Å². The van der Waals surface area contributed by atoms with Crippen LogP contribution in [0.5, 0.6) is 0 Å². The molecule has 4 N–H and O–H groups in total. The summed E-state index contributed by atoms with van der Waals surface area (Å²) in [5.74, 6) is 14.0. The second-order valence-electron chi connectivity index (χ2n) is 15.8. The Morgan fingerprint density at radius 1 is 0.824 bits per heavy atom. The molecule has 0 radical (unpaired) electrons. The van der Waals surface area contributed by atoms with E-state index in [0.717, 1.165) is 99.2 Å². The number of aliphatic hydroxyl groups excluding tert-OH is 4. The highest BCUT2D eigenvalue weighted by Gasteiger charge is 2.35. The molecule has 2 aliphatic carbocycles. The molecule has 9 rings (SSSR count). The first-order valence-electron chi connectivity index (χ1n) is 21.9. The van der Waals surface area contributed by atoms with Crippen molar-refractivity contribution in [2.75, 3.05) is 41.2 Å². The summed E-state index contributed by atoms with van der Waals surface area (Å²) in [5.41, 5.74) is 4.59. The third-order valence-electron chi connectivity index (χ3n) is 10.9. The zero-order chi connectivity index (χ0) is 47.4. The second kappa shape index (κ2) is 29.6. The molecular formula is C51H66FIN6O9. The van der Waals surface area contributed by atoms with E-state index in [1.54, 1.807) is 26.4 Å². The molecule has 2 aromatic carbocycles. The molecule has 1 saturated heterocycles. The van der Waals surface area contributed by atoms with Gasteiger partial charge in [0.05, 0.1) is 19.7 Å². The molecule has 368 valence electrons. The summed E-state index contributed by atoms with van der Waals surface area (Å²) in [6.07, 6.45) is 16.7. The number of aliphatic hydroxyl groups is 4. The average Bonchev–Trinajstić information content (AvgIpc) is 3.84. The number of halogens is 2. The molecule has 5 unspecified atom stereocenters. The van der Waals surface area contributed by atoms with Crippen molar-refractivity contribution in [2.24, 2.45) is 23.7 Å². The lowest BCUT2D eigenvalue weighted by Gasteiger charge is -2.26. The number of rotatable bonds is 13. The van der Waals surface area contributed by atoms with E-state index < -0.39 is 6.10 Å². The first kappa shape index (κ1) is 57.1. The standard InChI is InChI=1S/C22H23N3O3.C20H22IN3O3.C6H8O.2CH4O.CH4.FH/c1-15(26)22-23-9-10-25(22)13-20-12-21(28-24-20)17-6-3-16(4-7-17)5-8-18-11-19(18)14-27-2;1-14(26-19-4-2-3-11-25-19)20-22-9-10-24(20)13-17-12-18(27-23-17)15-5-7-16(21)8-6-15;1-2-5-3-6(5)4-7;2*1-2;;/h3-4,6-7,9-10,12,15,18-19,26H,11,13-14H2,1-2H3;5-10,12,14,19H,2-4,11,13H2,1H3;1,5-7H,3-4H2;2*2H,1H3;1H4;1H/t15-,18?,19?;14-,19?;;;;;/m00...../s1. The molecular weight excluding hydrogens is 986 g/mol. The number of aromatic nitrogens is 6. The van der Waals surface area contributed by atoms with Crippen LogP contribution in [-0.2, 0) is 27.3 Å². The molecule has 2 saturated carbocycles. The third-order valence-corrected chi connectivity index (χ3v) is 11.6. The summed E-state index contributed by atoms with van der Waals surface area (Å²) in [6.45, 7) is 6.62. The van der Waals surface area contributed by atoms with Crippen LogP contribution < -0.4 is 0 Å². The van der Waals surface area contributed by atoms with E-state index in [1.807, 2.05) is 77.0 Å². The second-order valence-corrected chi connectivity index (χ2v) is 17.1. The molecule has 3 fully saturated rings. The van der Waals surface area contributed by atoms with Crippen molar-refractivity contribution in [3.05, 3.63) is 118 Å². The minimum atomic E-state index is -0.629. The Hall–Kier alpha value is -5.22. The number of benzene rings is 2. The fraction of sp³-hybridized carbons (Fsp3) is 0.451. The molecule has 4 aromatic heterocycles. The highest BCUT2D eigenvalue weighted by Crippen LogP contribution is 2.38. The monoisotopic (exact) mass is 1050 g/mol. The van der Waals surface area contributed by atoms with Gasteiger partial charge in [0.1, 0.15) is 35.2 Å². The van der Waals surface area contributed by atoms with Crippen molar-refractivity contribution < 1.29 is 48.4 Å². The third kappa shape index (κ3) is 17.1. The number of nitrogens with zero attached hydrogens (tertiary/aromatic N) is 6. The van der Waals surface area contributed by atoms with E-state index in [0.29, 0.717) is 48.3 Å². The molecule has 7 atom stereocenters. The quantitative estimate of drug-likeness (QED) is 0.0637. The number of hydrogen-bond donors (Lipinski definition) is 4. The van der Waals surface area contributed by atoms with Crippen molar-refractivity contribution in [3.8, 4) is 46.8 Å². The maximum Gasteiger partial charge on any atom is 0.167 e. The highest BCUT2D eigenvalue weighted by atomic mass is 127. The fourth-order valence-electron chi connectivity index (χ4n) is 7.12. The Labute approximate surface area is 412 Å². The van der Waals surface area contributed by atoms with E-state index in [4.69, 9.17) is 45.0 Å². The fourth-order valence-corrected chi connectivity index (χ4v) is 7.48. The first-order chi connectivity index (χ1) is 32.2. The van der Waals surface area contributed by atoms with Gasteiger partial charge in [0, 0.05) is 104 Å². The number of ether oxygens (including phenoxy) is 3. The lowest BCUT2D eigenvalue weighted by molar-refractivity contribution is -0.188. The SMILES string of the molecule is C.C#CC1CC1CO.CO.CO.COCC1CC1C#Cc1ccc(-c2cc(Cn3ccnc3[C@H](C)O)no2)cc1.C[C@H](OC1CCCCO1)c1nccn1Cc1cc(-c2ccc(I)cc2)on1.F. The van der Waals surface area contributed by atoms with Gasteiger partial charge in [0.25, 0.3) is 0 Å². The van der Waals surface area contributed by atoms with E-state index in [1.165, 1.54) is 3.57 Å². The molecule has 3 aliphatic rings. The number of methoxy groups -OCH3 is 1. The molecule has 0 amide bonds. The normalized spacial score (nSPS) is 19.2. The summed E-state index contributed by atoms with van der Waals surface area (Å²) in [7, 11) is 3.73. The Morgan fingerprint density at radius 3 is 1.88 bits per heavy atom. The van der Waals surface area contributed by atoms with Crippen LogP contribution in [-0.4, -0.2) is 97.3 Å². The van der Waals surface area contributed by atoms with E-state index >= 15 is 0 Å². The maximum absolute atomic E-state index is 9.76.